The van der Waals surface area contributed by atoms with Gasteiger partial charge in [0.2, 0.25) is 0 Å². The van der Waals surface area contributed by atoms with Gasteiger partial charge in [-0.1, -0.05) is 0 Å². The zero-order chi connectivity index (χ0) is 13.8. The lowest BCUT2D eigenvalue weighted by atomic mass is 10.2. The molecule has 0 fully saturated rings. The number of nitro benzene ring substituents is 1. The highest BCUT2D eigenvalue weighted by Gasteiger charge is 2.18. The number of rotatable bonds is 5. The quantitative estimate of drug-likeness (QED) is 0.647. The predicted octanol–water partition coefficient (Wildman–Crippen LogP) is 1.29. The van der Waals surface area contributed by atoms with Crippen LogP contribution in [0.2, 0.25) is 0 Å². The number of nitrogens with zero attached hydrogens (tertiary/aromatic N) is 3. The Morgan fingerprint density at radius 2 is 2.32 bits per heavy atom. The summed E-state index contributed by atoms with van der Waals surface area (Å²) in [7, 11) is 1.47. The highest BCUT2D eigenvalue weighted by atomic mass is 16.6. The van der Waals surface area contributed by atoms with E-state index in [1.807, 2.05) is 0 Å². The third-order valence-electron chi connectivity index (χ3n) is 2.72. The summed E-state index contributed by atoms with van der Waals surface area (Å²) in [6, 6.07) is 4.70. The molecule has 2 N–H and O–H groups in total. The lowest BCUT2D eigenvalue weighted by Crippen LogP contribution is -2.09. The van der Waals surface area contributed by atoms with Gasteiger partial charge in [0.25, 0.3) is 5.69 Å². The molecule has 0 unspecified atom stereocenters. The van der Waals surface area contributed by atoms with E-state index in [1.54, 1.807) is 29.1 Å². The predicted molar refractivity (Wildman–Crippen MR) is 69.5 cm³/mol. The average Bonchev–Trinajstić information content (AvgIpc) is 2.86. The van der Waals surface area contributed by atoms with Crippen molar-refractivity contribution in [1.29, 1.82) is 0 Å². The van der Waals surface area contributed by atoms with E-state index >= 15 is 0 Å². The largest absolute Gasteiger partial charge is 0.496 e. The van der Waals surface area contributed by atoms with Crippen LogP contribution in [0.5, 0.6) is 5.75 Å². The minimum atomic E-state index is -0.440. The molecule has 100 valence electrons. The van der Waals surface area contributed by atoms with Crippen LogP contribution in [0.4, 0.5) is 5.69 Å². The minimum absolute atomic E-state index is 0.0318. The van der Waals surface area contributed by atoms with Crippen LogP contribution in [0, 0.1) is 10.1 Å². The van der Waals surface area contributed by atoms with Crippen LogP contribution in [-0.4, -0.2) is 28.1 Å². The van der Waals surface area contributed by atoms with E-state index in [9.17, 15) is 10.1 Å². The van der Waals surface area contributed by atoms with Crippen molar-refractivity contribution in [2.45, 2.75) is 6.42 Å². The van der Waals surface area contributed by atoms with Crippen molar-refractivity contribution in [3.05, 3.63) is 46.5 Å². The molecule has 0 saturated heterocycles. The van der Waals surface area contributed by atoms with Crippen LogP contribution in [0.1, 0.15) is 5.82 Å². The second kappa shape index (κ2) is 5.49. The number of hydrogen-bond acceptors (Lipinski definition) is 5. The van der Waals surface area contributed by atoms with Crippen molar-refractivity contribution in [2.24, 2.45) is 5.73 Å². The van der Waals surface area contributed by atoms with Crippen LogP contribution in [0.3, 0.4) is 0 Å². The summed E-state index contributed by atoms with van der Waals surface area (Å²) in [5.74, 6) is 1.13. The fraction of sp³-hybridized carbons (Fsp3) is 0.250. The van der Waals surface area contributed by atoms with Crippen molar-refractivity contribution in [1.82, 2.24) is 9.55 Å². The number of methoxy groups -OCH3 is 1. The molecule has 0 spiro atoms. The van der Waals surface area contributed by atoms with Crippen LogP contribution < -0.4 is 10.5 Å². The Bertz CT molecular complexity index is 594. The highest BCUT2D eigenvalue weighted by molar-refractivity contribution is 5.56. The molecule has 0 atom stereocenters. The summed E-state index contributed by atoms with van der Waals surface area (Å²) in [4.78, 5) is 14.9. The highest BCUT2D eigenvalue weighted by Crippen LogP contribution is 2.28. The van der Waals surface area contributed by atoms with Gasteiger partial charge in [-0.3, -0.25) is 14.7 Å². The first-order valence-corrected chi connectivity index (χ1v) is 5.72. The van der Waals surface area contributed by atoms with Gasteiger partial charge in [-0.2, -0.15) is 0 Å². The molecule has 0 radical (unpaired) electrons. The molecule has 1 aromatic heterocycles. The maximum atomic E-state index is 11.1. The zero-order valence-electron chi connectivity index (χ0n) is 10.4. The Labute approximate surface area is 109 Å². The Balaban J connectivity index is 2.54. The number of hydrogen-bond donors (Lipinski definition) is 1. The van der Waals surface area contributed by atoms with Crippen LogP contribution in [-0.2, 0) is 6.42 Å². The van der Waals surface area contributed by atoms with Crippen LogP contribution in [0.15, 0.2) is 30.6 Å². The summed E-state index contributed by atoms with van der Waals surface area (Å²) >= 11 is 0. The van der Waals surface area contributed by atoms with Gasteiger partial charge in [0.1, 0.15) is 17.3 Å². The first-order valence-electron chi connectivity index (χ1n) is 5.72. The first-order chi connectivity index (χ1) is 9.17. The Kier molecular flexibility index (Phi) is 3.76. The van der Waals surface area contributed by atoms with Gasteiger partial charge in [-0.05, 0) is 18.7 Å². The maximum absolute atomic E-state index is 11.1. The minimum Gasteiger partial charge on any atom is -0.496 e. The lowest BCUT2D eigenvalue weighted by molar-refractivity contribution is -0.384. The van der Waals surface area contributed by atoms with Crippen LogP contribution >= 0.6 is 0 Å². The molecule has 0 saturated carbocycles. The van der Waals surface area contributed by atoms with Gasteiger partial charge in [-0.25, -0.2) is 4.98 Å². The number of aromatic nitrogens is 2. The lowest BCUT2D eigenvalue weighted by Gasteiger charge is -2.09. The third kappa shape index (κ3) is 2.55. The van der Waals surface area contributed by atoms with Crippen molar-refractivity contribution in [2.75, 3.05) is 13.7 Å². The van der Waals surface area contributed by atoms with Gasteiger partial charge in [-0.15, -0.1) is 0 Å². The summed E-state index contributed by atoms with van der Waals surface area (Å²) in [6.07, 6.45) is 3.83. The monoisotopic (exact) mass is 262 g/mol. The molecule has 1 aromatic carbocycles. The first kappa shape index (κ1) is 13.0. The molecule has 0 aliphatic rings. The van der Waals surface area contributed by atoms with E-state index in [1.165, 1.54) is 13.2 Å². The molecule has 0 amide bonds. The smallest absolute Gasteiger partial charge is 0.296 e. The molecule has 2 rings (SSSR count). The summed E-state index contributed by atoms with van der Waals surface area (Å²) in [5, 5.41) is 11.1. The molecule has 1 heterocycles. The molecule has 2 aromatic rings. The van der Waals surface area contributed by atoms with Gasteiger partial charge in [0.15, 0.2) is 0 Å². The van der Waals surface area contributed by atoms with E-state index in [0.29, 0.717) is 30.2 Å². The topological polar surface area (TPSA) is 96.2 Å². The molecular formula is C12H14N4O3. The van der Waals surface area contributed by atoms with Crippen molar-refractivity contribution >= 4 is 5.69 Å². The number of nitro groups is 1. The maximum Gasteiger partial charge on any atom is 0.296 e. The third-order valence-corrected chi connectivity index (χ3v) is 2.72. The Morgan fingerprint density at radius 1 is 1.53 bits per heavy atom. The van der Waals surface area contributed by atoms with Gasteiger partial charge < -0.3 is 10.5 Å². The van der Waals surface area contributed by atoms with E-state index in [-0.39, 0.29) is 5.69 Å². The Hall–Kier alpha value is -2.41. The summed E-state index contributed by atoms with van der Waals surface area (Å²) in [6.45, 7) is 0.432. The zero-order valence-corrected chi connectivity index (χ0v) is 10.4. The van der Waals surface area contributed by atoms with E-state index in [2.05, 4.69) is 4.98 Å². The Morgan fingerprint density at radius 3 is 2.95 bits per heavy atom. The fourth-order valence-corrected chi connectivity index (χ4v) is 1.85. The average molecular weight is 262 g/mol. The van der Waals surface area contributed by atoms with E-state index in [4.69, 9.17) is 10.5 Å². The molecule has 7 nitrogen and oxygen atoms in total. The second-order valence-corrected chi connectivity index (χ2v) is 3.86. The molecule has 19 heavy (non-hydrogen) atoms. The number of imidazole rings is 1. The molecule has 7 heteroatoms. The van der Waals surface area contributed by atoms with Gasteiger partial charge >= 0.3 is 0 Å². The standard InChI is InChI=1S/C12H14N4O3/c1-19-9-2-3-10(11(8-9)16(17)18)15-7-6-14-12(15)4-5-13/h2-3,6-8H,4-5,13H2,1H3. The molecule has 0 bridgehead atoms. The molecule has 0 aliphatic carbocycles. The van der Waals surface area contributed by atoms with Crippen LogP contribution in [0.25, 0.3) is 5.69 Å². The molecular weight excluding hydrogens is 248 g/mol. The summed E-state index contributed by atoms with van der Waals surface area (Å²) < 4.78 is 6.68. The van der Waals surface area contributed by atoms with E-state index < -0.39 is 4.92 Å². The van der Waals surface area contributed by atoms with Crippen molar-refractivity contribution in [3.63, 3.8) is 0 Å². The van der Waals surface area contributed by atoms with Crippen molar-refractivity contribution < 1.29 is 9.66 Å². The normalized spacial score (nSPS) is 10.4. The summed E-state index contributed by atoms with van der Waals surface area (Å²) in [5.41, 5.74) is 5.92. The van der Waals surface area contributed by atoms with Crippen molar-refractivity contribution in [3.8, 4) is 11.4 Å². The van der Waals surface area contributed by atoms with Gasteiger partial charge in [0.05, 0.1) is 18.1 Å². The fourth-order valence-electron chi connectivity index (χ4n) is 1.85. The molecule has 0 aliphatic heterocycles. The number of benzene rings is 1. The number of nitrogens with two attached hydrogens (primary N) is 1. The van der Waals surface area contributed by atoms with Gasteiger partial charge in [0, 0.05) is 18.8 Å². The number of ether oxygens (including phenoxy) is 1. The second-order valence-electron chi connectivity index (χ2n) is 3.86. The van der Waals surface area contributed by atoms with E-state index in [0.717, 1.165) is 0 Å². The SMILES string of the molecule is COc1ccc(-n2ccnc2CCN)c([N+](=O)[O-])c1.